The first kappa shape index (κ1) is 24.1. The van der Waals surface area contributed by atoms with Gasteiger partial charge >= 0.3 is 6.09 Å². The zero-order valence-corrected chi connectivity index (χ0v) is 20.3. The van der Waals surface area contributed by atoms with Crippen LogP contribution in [0.25, 0.3) is 0 Å². The van der Waals surface area contributed by atoms with Crippen LogP contribution in [0.15, 0.2) is 36.7 Å². The summed E-state index contributed by atoms with van der Waals surface area (Å²) < 4.78 is 13.0. The van der Waals surface area contributed by atoms with Crippen molar-refractivity contribution < 1.29 is 19.1 Å². The van der Waals surface area contributed by atoms with Crippen LogP contribution in [0.2, 0.25) is 0 Å². The van der Waals surface area contributed by atoms with Gasteiger partial charge in [0.1, 0.15) is 17.1 Å². The van der Waals surface area contributed by atoms with Gasteiger partial charge in [-0.05, 0) is 51.8 Å². The Bertz CT molecular complexity index is 985. The molecule has 2 aromatic heterocycles. The molecule has 2 aromatic rings. The third kappa shape index (κ3) is 5.88. The third-order valence-electron chi connectivity index (χ3n) is 6.14. The molecule has 4 rings (SSSR count). The van der Waals surface area contributed by atoms with Crippen molar-refractivity contribution in [3.8, 4) is 0 Å². The first-order valence-electron chi connectivity index (χ1n) is 12.0. The monoisotopic (exact) mass is 469 g/mol. The Labute approximate surface area is 201 Å². The van der Waals surface area contributed by atoms with Gasteiger partial charge in [-0.3, -0.25) is 4.79 Å². The maximum absolute atomic E-state index is 13.1. The number of rotatable bonds is 5. The molecule has 0 spiro atoms. The number of anilines is 1. The van der Waals surface area contributed by atoms with E-state index in [2.05, 4.69) is 15.2 Å². The predicted molar refractivity (Wildman–Crippen MR) is 129 cm³/mol. The van der Waals surface area contributed by atoms with E-state index in [4.69, 9.17) is 9.47 Å². The van der Waals surface area contributed by atoms with E-state index < -0.39 is 5.60 Å². The molecule has 0 unspecified atom stereocenters. The minimum atomic E-state index is -0.504. The van der Waals surface area contributed by atoms with Crippen molar-refractivity contribution in [2.45, 2.75) is 51.8 Å². The molecule has 0 aliphatic carbocycles. The van der Waals surface area contributed by atoms with Gasteiger partial charge in [0.2, 0.25) is 0 Å². The number of carbonyl (C=O) groups excluding carboxylic acids is 2. The molecule has 9 nitrogen and oxygen atoms in total. The van der Waals surface area contributed by atoms with E-state index in [0.717, 1.165) is 37.3 Å². The molecule has 1 N–H and O–H groups in total. The Hall–Kier alpha value is -3.07. The Morgan fingerprint density at radius 3 is 2.56 bits per heavy atom. The number of ether oxygens (including phenoxy) is 2. The highest BCUT2D eigenvalue weighted by molar-refractivity contribution is 5.92. The van der Waals surface area contributed by atoms with Gasteiger partial charge in [-0.1, -0.05) is 6.07 Å². The normalized spacial score (nSPS) is 17.5. The second-order valence-electron chi connectivity index (χ2n) is 9.77. The second-order valence-corrected chi connectivity index (χ2v) is 9.77. The molecule has 184 valence electrons. The van der Waals surface area contributed by atoms with E-state index in [1.165, 1.54) is 0 Å². The largest absolute Gasteiger partial charge is 0.444 e. The van der Waals surface area contributed by atoms with Crippen molar-refractivity contribution in [1.29, 1.82) is 0 Å². The molecule has 2 fully saturated rings. The lowest BCUT2D eigenvalue weighted by Crippen LogP contribution is -2.42. The molecule has 4 heterocycles. The number of likely N-dealkylation sites (tertiary alicyclic amines) is 1. The van der Waals surface area contributed by atoms with E-state index >= 15 is 0 Å². The molecule has 2 aliphatic heterocycles. The summed E-state index contributed by atoms with van der Waals surface area (Å²) in [5, 5.41) is 3.07. The van der Waals surface area contributed by atoms with Crippen molar-refractivity contribution in [2.24, 2.45) is 0 Å². The summed E-state index contributed by atoms with van der Waals surface area (Å²) in [5.74, 6) is 0.785. The molecule has 0 atom stereocenters. The number of piperidine rings is 1. The van der Waals surface area contributed by atoms with Gasteiger partial charge in [0.25, 0.3) is 5.91 Å². The first-order chi connectivity index (χ1) is 16.3. The van der Waals surface area contributed by atoms with Gasteiger partial charge in [-0.25, -0.2) is 9.78 Å². The summed E-state index contributed by atoms with van der Waals surface area (Å²) in [7, 11) is 0. The molecule has 0 aromatic carbocycles. The Morgan fingerprint density at radius 1 is 1.12 bits per heavy atom. The molecular formula is C25H35N5O4. The van der Waals surface area contributed by atoms with Gasteiger partial charge in [0.15, 0.2) is 0 Å². The van der Waals surface area contributed by atoms with Gasteiger partial charge in [-0.15, -0.1) is 0 Å². The first-order valence-corrected chi connectivity index (χ1v) is 12.0. The van der Waals surface area contributed by atoms with Crippen LogP contribution in [0.1, 0.15) is 55.7 Å². The van der Waals surface area contributed by atoms with Crippen LogP contribution < -0.4 is 10.2 Å². The lowest BCUT2D eigenvalue weighted by Gasteiger charge is -2.34. The van der Waals surface area contributed by atoms with Gasteiger partial charge < -0.3 is 29.2 Å². The SMILES string of the molecule is CC(C)(C)OC(=O)N1CCC(n2cccc2C(=O)NCc2cccnc2N2CCOCC2)CC1. The van der Waals surface area contributed by atoms with Gasteiger partial charge in [0.05, 0.1) is 13.2 Å². The zero-order chi connectivity index (χ0) is 24.1. The number of morpholine rings is 1. The smallest absolute Gasteiger partial charge is 0.410 e. The highest BCUT2D eigenvalue weighted by atomic mass is 16.6. The summed E-state index contributed by atoms with van der Waals surface area (Å²) in [6.07, 6.45) is 5.01. The molecule has 9 heteroatoms. The van der Waals surface area contributed by atoms with E-state index in [1.807, 2.05) is 55.8 Å². The van der Waals surface area contributed by atoms with Crippen molar-refractivity contribution >= 4 is 17.8 Å². The number of aromatic nitrogens is 2. The number of pyridine rings is 1. The molecular weight excluding hydrogens is 434 g/mol. The summed E-state index contributed by atoms with van der Waals surface area (Å²) in [5.41, 5.74) is 1.12. The van der Waals surface area contributed by atoms with E-state index in [0.29, 0.717) is 38.5 Å². The fraction of sp³-hybridized carbons (Fsp3) is 0.560. The average molecular weight is 470 g/mol. The van der Waals surface area contributed by atoms with Crippen molar-refractivity contribution in [3.63, 3.8) is 0 Å². The number of hydrogen-bond acceptors (Lipinski definition) is 6. The molecule has 2 amide bonds. The fourth-order valence-corrected chi connectivity index (χ4v) is 4.45. The molecule has 0 bridgehead atoms. The fourth-order valence-electron chi connectivity index (χ4n) is 4.45. The van der Waals surface area contributed by atoms with Crippen molar-refractivity contribution in [2.75, 3.05) is 44.3 Å². The van der Waals surface area contributed by atoms with Crippen LogP contribution in [-0.4, -0.2) is 71.4 Å². The maximum atomic E-state index is 13.1. The van der Waals surface area contributed by atoms with Crippen LogP contribution in [0.5, 0.6) is 0 Å². The highest BCUT2D eigenvalue weighted by Gasteiger charge is 2.29. The van der Waals surface area contributed by atoms with Crippen molar-refractivity contribution in [1.82, 2.24) is 19.8 Å². The number of nitrogens with zero attached hydrogens (tertiary/aromatic N) is 4. The molecule has 2 aliphatic rings. The number of amides is 2. The van der Waals surface area contributed by atoms with Crippen LogP contribution in [0.3, 0.4) is 0 Å². The summed E-state index contributed by atoms with van der Waals surface area (Å²) in [4.78, 5) is 33.9. The van der Waals surface area contributed by atoms with Crippen LogP contribution in [0.4, 0.5) is 10.6 Å². The average Bonchev–Trinajstić information content (AvgIpc) is 3.32. The summed E-state index contributed by atoms with van der Waals surface area (Å²) >= 11 is 0. The molecule has 0 saturated carbocycles. The topological polar surface area (TPSA) is 88.9 Å². The predicted octanol–water partition coefficient (Wildman–Crippen LogP) is 3.22. The molecule has 0 radical (unpaired) electrons. The van der Waals surface area contributed by atoms with E-state index in [-0.39, 0.29) is 18.0 Å². The minimum absolute atomic E-state index is 0.114. The minimum Gasteiger partial charge on any atom is -0.444 e. The summed E-state index contributed by atoms with van der Waals surface area (Å²) in [6, 6.07) is 7.81. The van der Waals surface area contributed by atoms with Gasteiger partial charge in [-0.2, -0.15) is 0 Å². The molecule has 2 saturated heterocycles. The number of nitrogens with one attached hydrogen (secondary N) is 1. The Morgan fingerprint density at radius 2 is 1.85 bits per heavy atom. The standard InChI is InChI=1S/C25H35N5O4/c1-25(2,3)34-24(32)29-12-8-20(9-13-29)30-11-5-7-21(30)23(31)27-18-19-6-4-10-26-22(19)28-14-16-33-17-15-28/h4-7,10-11,20H,8-9,12-18H2,1-3H3,(H,27,31). The lowest BCUT2D eigenvalue weighted by atomic mass is 10.0. The third-order valence-corrected chi connectivity index (χ3v) is 6.14. The Balaban J connectivity index is 1.36. The highest BCUT2D eigenvalue weighted by Crippen LogP contribution is 2.26. The summed E-state index contributed by atoms with van der Waals surface area (Å²) in [6.45, 7) is 10.2. The van der Waals surface area contributed by atoms with E-state index in [1.54, 1.807) is 11.1 Å². The molecule has 34 heavy (non-hydrogen) atoms. The Kier molecular flexibility index (Phi) is 7.41. The quantitative estimate of drug-likeness (QED) is 0.723. The second kappa shape index (κ2) is 10.5. The van der Waals surface area contributed by atoms with E-state index in [9.17, 15) is 9.59 Å². The number of carbonyl (C=O) groups is 2. The zero-order valence-electron chi connectivity index (χ0n) is 20.3. The van der Waals surface area contributed by atoms with Crippen LogP contribution in [0, 0.1) is 0 Å². The number of hydrogen-bond donors (Lipinski definition) is 1. The van der Waals surface area contributed by atoms with Crippen LogP contribution in [-0.2, 0) is 16.0 Å². The van der Waals surface area contributed by atoms with Crippen LogP contribution >= 0.6 is 0 Å². The van der Waals surface area contributed by atoms with Crippen molar-refractivity contribution in [3.05, 3.63) is 47.9 Å². The van der Waals surface area contributed by atoms with Gasteiger partial charge in [0, 0.05) is 56.7 Å². The maximum Gasteiger partial charge on any atom is 0.410 e. The lowest BCUT2D eigenvalue weighted by molar-refractivity contribution is 0.0187.